The smallest absolute Gasteiger partial charge is 0.251 e. The van der Waals surface area contributed by atoms with Gasteiger partial charge in [0.15, 0.2) is 11.5 Å². The minimum atomic E-state index is -0.285. The van der Waals surface area contributed by atoms with Gasteiger partial charge < -0.3 is 5.32 Å². The Bertz CT molecular complexity index is 1070. The van der Waals surface area contributed by atoms with Crippen LogP contribution in [0, 0.1) is 0 Å². The molecule has 0 bridgehead atoms. The lowest BCUT2D eigenvalue weighted by Gasteiger charge is -2.12. The van der Waals surface area contributed by atoms with Crippen LogP contribution in [0.25, 0.3) is 16.7 Å². The average Bonchev–Trinajstić information content (AvgIpc) is 3.24. The molecule has 0 aliphatic rings. The van der Waals surface area contributed by atoms with Crippen molar-refractivity contribution in [2.45, 2.75) is 26.4 Å². The zero-order valence-corrected chi connectivity index (χ0v) is 13.9. The largest absolute Gasteiger partial charge is 0.342 e. The fourth-order valence-electron chi connectivity index (χ4n) is 2.85. The monoisotopic (exact) mass is 335 g/mol. The van der Waals surface area contributed by atoms with Gasteiger partial charge in [-0.1, -0.05) is 11.3 Å². The molecule has 0 saturated heterocycles. The highest BCUT2D eigenvalue weighted by molar-refractivity contribution is 5.97. The van der Waals surface area contributed by atoms with Crippen molar-refractivity contribution in [2.24, 2.45) is 0 Å². The van der Waals surface area contributed by atoms with Crippen molar-refractivity contribution in [1.29, 1.82) is 0 Å². The zero-order valence-electron chi connectivity index (χ0n) is 13.9. The number of rotatable bonds is 4. The SMILES string of the molecule is CCn1nnc2cc(C(=O)N[C@@H](C)c3nnc4ccccn34)ccc21. The fourth-order valence-corrected chi connectivity index (χ4v) is 2.85. The highest BCUT2D eigenvalue weighted by atomic mass is 16.1. The molecule has 25 heavy (non-hydrogen) atoms. The molecular weight excluding hydrogens is 318 g/mol. The molecule has 3 aromatic heterocycles. The molecular formula is C17H17N7O. The van der Waals surface area contributed by atoms with Gasteiger partial charge in [-0.3, -0.25) is 9.20 Å². The first-order chi connectivity index (χ1) is 12.2. The van der Waals surface area contributed by atoms with E-state index in [1.54, 1.807) is 16.8 Å². The minimum Gasteiger partial charge on any atom is -0.342 e. The number of benzene rings is 1. The van der Waals surface area contributed by atoms with Gasteiger partial charge in [0, 0.05) is 18.3 Å². The molecule has 126 valence electrons. The van der Waals surface area contributed by atoms with E-state index in [-0.39, 0.29) is 11.9 Å². The van der Waals surface area contributed by atoms with Crippen molar-refractivity contribution < 1.29 is 4.79 Å². The molecule has 1 amide bonds. The summed E-state index contributed by atoms with van der Waals surface area (Å²) in [7, 11) is 0. The first-order valence-electron chi connectivity index (χ1n) is 8.11. The van der Waals surface area contributed by atoms with Crippen molar-refractivity contribution in [3.8, 4) is 0 Å². The van der Waals surface area contributed by atoms with Gasteiger partial charge in [0.25, 0.3) is 5.91 Å². The predicted molar refractivity (Wildman–Crippen MR) is 92.1 cm³/mol. The summed E-state index contributed by atoms with van der Waals surface area (Å²) >= 11 is 0. The van der Waals surface area contributed by atoms with Gasteiger partial charge in [0.1, 0.15) is 5.52 Å². The Morgan fingerprint density at radius 1 is 1.20 bits per heavy atom. The lowest BCUT2D eigenvalue weighted by Crippen LogP contribution is -2.28. The van der Waals surface area contributed by atoms with Crippen LogP contribution in [-0.2, 0) is 6.54 Å². The lowest BCUT2D eigenvalue weighted by molar-refractivity contribution is 0.0938. The Balaban J connectivity index is 1.59. The summed E-state index contributed by atoms with van der Waals surface area (Å²) in [6.45, 7) is 4.62. The number of nitrogens with one attached hydrogen (secondary N) is 1. The normalized spacial score (nSPS) is 12.6. The summed E-state index contributed by atoms with van der Waals surface area (Å²) in [6, 6.07) is 10.8. The summed E-state index contributed by atoms with van der Waals surface area (Å²) in [5.41, 5.74) is 2.90. The maximum Gasteiger partial charge on any atom is 0.251 e. The molecule has 4 aromatic rings. The van der Waals surface area contributed by atoms with Gasteiger partial charge in [-0.2, -0.15) is 0 Å². The molecule has 0 unspecified atom stereocenters. The van der Waals surface area contributed by atoms with Crippen LogP contribution in [0.1, 0.15) is 36.1 Å². The van der Waals surface area contributed by atoms with E-state index in [0.29, 0.717) is 16.9 Å². The molecule has 3 heterocycles. The number of pyridine rings is 1. The van der Waals surface area contributed by atoms with Crippen LogP contribution in [0.15, 0.2) is 42.6 Å². The summed E-state index contributed by atoms with van der Waals surface area (Å²) in [4.78, 5) is 12.6. The van der Waals surface area contributed by atoms with E-state index in [4.69, 9.17) is 0 Å². The first-order valence-corrected chi connectivity index (χ1v) is 8.11. The Labute approximate surface area is 143 Å². The van der Waals surface area contributed by atoms with Gasteiger partial charge in [0.2, 0.25) is 0 Å². The van der Waals surface area contributed by atoms with Gasteiger partial charge in [-0.05, 0) is 44.2 Å². The van der Waals surface area contributed by atoms with Crippen LogP contribution in [0.5, 0.6) is 0 Å². The Kier molecular flexibility index (Phi) is 3.64. The molecule has 0 saturated carbocycles. The molecule has 8 heteroatoms. The highest BCUT2D eigenvalue weighted by Gasteiger charge is 2.17. The number of nitrogens with zero attached hydrogens (tertiary/aromatic N) is 6. The van der Waals surface area contributed by atoms with E-state index in [2.05, 4.69) is 25.8 Å². The van der Waals surface area contributed by atoms with E-state index in [1.807, 2.05) is 48.7 Å². The standard InChI is InChI=1S/C17H17N7O/c1-3-24-14-8-7-12(10-13(14)19-22-24)17(25)18-11(2)16-21-20-15-6-4-5-9-23(15)16/h4-11H,3H2,1-2H3,(H,18,25)/t11-/m0/s1. The third kappa shape index (κ3) is 2.61. The van der Waals surface area contributed by atoms with Crippen LogP contribution in [0.2, 0.25) is 0 Å². The molecule has 0 spiro atoms. The average molecular weight is 335 g/mol. The molecule has 1 atom stereocenters. The number of aryl methyl sites for hydroxylation is 1. The van der Waals surface area contributed by atoms with E-state index >= 15 is 0 Å². The lowest BCUT2D eigenvalue weighted by atomic mass is 10.1. The third-order valence-electron chi connectivity index (χ3n) is 4.15. The van der Waals surface area contributed by atoms with Gasteiger partial charge >= 0.3 is 0 Å². The second-order valence-electron chi connectivity index (χ2n) is 5.79. The van der Waals surface area contributed by atoms with Crippen LogP contribution >= 0.6 is 0 Å². The fraction of sp³-hybridized carbons (Fsp3) is 0.235. The predicted octanol–water partition coefficient (Wildman–Crippen LogP) is 1.98. The van der Waals surface area contributed by atoms with Crippen molar-refractivity contribution in [1.82, 2.24) is 34.9 Å². The Hall–Kier alpha value is -3.29. The number of aromatic nitrogens is 6. The minimum absolute atomic E-state index is 0.187. The van der Waals surface area contributed by atoms with Crippen LogP contribution in [0.4, 0.5) is 0 Å². The van der Waals surface area contributed by atoms with Crippen molar-refractivity contribution in [3.63, 3.8) is 0 Å². The molecule has 8 nitrogen and oxygen atoms in total. The summed E-state index contributed by atoms with van der Waals surface area (Å²) in [5, 5.41) is 19.4. The van der Waals surface area contributed by atoms with Crippen molar-refractivity contribution >= 4 is 22.6 Å². The topological polar surface area (TPSA) is 90.0 Å². The molecule has 0 aliphatic carbocycles. The van der Waals surface area contributed by atoms with Crippen LogP contribution < -0.4 is 5.32 Å². The molecule has 0 radical (unpaired) electrons. The van der Waals surface area contributed by atoms with Crippen molar-refractivity contribution in [2.75, 3.05) is 0 Å². The van der Waals surface area contributed by atoms with Crippen LogP contribution in [0.3, 0.4) is 0 Å². The number of fused-ring (bicyclic) bond motifs is 2. The Morgan fingerprint density at radius 3 is 2.92 bits per heavy atom. The number of carbonyl (C=O) groups excluding carboxylic acids is 1. The second-order valence-corrected chi connectivity index (χ2v) is 5.79. The van der Waals surface area contributed by atoms with E-state index in [0.717, 1.165) is 17.7 Å². The second kappa shape index (κ2) is 5.97. The maximum atomic E-state index is 12.6. The number of amides is 1. The highest BCUT2D eigenvalue weighted by Crippen LogP contribution is 2.16. The van der Waals surface area contributed by atoms with Gasteiger partial charge in [-0.25, -0.2) is 4.68 Å². The van der Waals surface area contributed by atoms with E-state index < -0.39 is 0 Å². The van der Waals surface area contributed by atoms with E-state index in [9.17, 15) is 4.79 Å². The van der Waals surface area contributed by atoms with Gasteiger partial charge in [0.05, 0.1) is 11.6 Å². The zero-order chi connectivity index (χ0) is 17.4. The number of hydrogen-bond donors (Lipinski definition) is 1. The van der Waals surface area contributed by atoms with Crippen molar-refractivity contribution in [3.05, 3.63) is 54.0 Å². The summed E-state index contributed by atoms with van der Waals surface area (Å²) in [5.74, 6) is 0.495. The molecule has 1 aromatic carbocycles. The number of carbonyl (C=O) groups is 1. The summed E-state index contributed by atoms with van der Waals surface area (Å²) < 4.78 is 3.66. The van der Waals surface area contributed by atoms with Gasteiger partial charge in [-0.15, -0.1) is 15.3 Å². The Morgan fingerprint density at radius 2 is 2.08 bits per heavy atom. The van der Waals surface area contributed by atoms with Crippen LogP contribution in [-0.4, -0.2) is 35.5 Å². The molecule has 1 N–H and O–H groups in total. The summed E-state index contributed by atoms with van der Waals surface area (Å²) in [6.07, 6.45) is 1.88. The van der Waals surface area contributed by atoms with E-state index in [1.165, 1.54) is 0 Å². The maximum absolute atomic E-state index is 12.6. The first kappa shape index (κ1) is 15.3. The number of hydrogen-bond acceptors (Lipinski definition) is 5. The molecule has 4 rings (SSSR count). The molecule has 0 fully saturated rings. The third-order valence-corrected chi connectivity index (χ3v) is 4.15. The quantitative estimate of drug-likeness (QED) is 0.616. The molecule has 0 aliphatic heterocycles.